The van der Waals surface area contributed by atoms with E-state index in [9.17, 15) is 4.79 Å². The van der Waals surface area contributed by atoms with Crippen molar-refractivity contribution in [1.29, 1.82) is 0 Å². The van der Waals surface area contributed by atoms with Gasteiger partial charge in [-0.2, -0.15) is 5.48 Å². The molecule has 0 aromatic carbocycles. The average Bonchev–Trinajstić information content (AvgIpc) is 2.13. The highest BCUT2D eigenvalue weighted by atomic mass is 16.7. The first-order valence-electron chi connectivity index (χ1n) is 5.07. The minimum atomic E-state index is -0.609. The van der Waals surface area contributed by atoms with Crippen LogP contribution in [0, 0.1) is 0 Å². The number of hydrogen-bond acceptors (Lipinski definition) is 4. The predicted molar refractivity (Wildman–Crippen MR) is 58.6 cm³/mol. The number of rotatable bonds is 6. The number of unbranched alkanes of at least 4 members (excludes halogenated alkanes) is 1. The summed E-state index contributed by atoms with van der Waals surface area (Å²) in [4.78, 5) is 18.5. The van der Waals surface area contributed by atoms with Gasteiger partial charge in [0, 0.05) is 11.5 Å². The summed E-state index contributed by atoms with van der Waals surface area (Å²) in [6.45, 7) is 6.11. The smallest absolute Gasteiger partial charge is 0.431 e. The number of azide groups is 1. The normalized spacial score (nSPS) is 10.4. The fourth-order valence-electron chi connectivity index (χ4n) is 0.810. The fourth-order valence-corrected chi connectivity index (χ4v) is 0.810. The molecule has 1 N–H and O–H groups in total. The van der Waals surface area contributed by atoms with Crippen LogP contribution < -0.4 is 5.48 Å². The lowest BCUT2D eigenvalue weighted by molar-refractivity contribution is -0.00841. The number of hydrogen-bond donors (Lipinski definition) is 1. The Morgan fingerprint density at radius 1 is 1.44 bits per heavy atom. The van der Waals surface area contributed by atoms with Crippen molar-refractivity contribution in [3.63, 3.8) is 0 Å². The molecule has 0 atom stereocenters. The van der Waals surface area contributed by atoms with Crippen LogP contribution in [0.1, 0.15) is 33.6 Å². The molecule has 0 aromatic heterocycles. The molecule has 0 unspecified atom stereocenters. The van der Waals surface area contributed by atoms with Crippen molar-refractivity contribution in [2.75, 3.05) is 13.2 Å². The molecule has 0 aromatic rings. The van der Waals surface area contributed by atoms with E-state index in [4.69, 9.17) is 15.1 Å². The summed E-state index contributed by atoms with van der Waals surface area (Å²) in [6, 6.07) is 0. The van der Waals surface area contributed by atoms with E-state index in [-0.39, 0.29) is 0 Å². The van der Waals surface area contributed by atoms with Crippen molar-refractivity contribution in [3.8, 4) is 0 Å². The number of ether oxygens (including phenoxy) is 1. The van der Waals surface area contributed by atoms with Crippen molar-refractivity contribution in [2.45, 2.75) is 39.2 Å². The van der Waals surface area contributed by atoms with E-state index >= 15 is 0 Å². The Kier molecular flexibility index (Phi) is 7.07. The summed E-state index contributed by atoms with van der Waals surface area (Å²) in [6.07, 6.45) is 0.817. The number of carbonyl (C=O) groups is 1. The largest absolute Gasteiger partial charge is 0.442 e. The molecule has 16 heavy (non-hydrogen) atoms. The van der Waals surface area contributed by atoms with Gasteiger partial charge in [-0.15, -0.1) is 0 Å². The summed E-state index contributed by atoms with van der Waals surface area (Å²) >= 11 is 0. The van der Waals surface area contributed by atoms with Crippen molar-refractivity contribution in [2.24, 2.45) is 5.11 Å². The lowest BCUT2D eigenvalue weighted by Gasteiger charge is -2.19. The van der Waals surface area contributed by atoms with E-state index in [0.717, 1.165) is 6.42 Å². The van der Waals surface area contributed by atoms with Gasteiger partial charge < -0.3 is 4.74 Å². The molecule has 0 heterocycles. The van der Waals surface area contributed by atoms with E-state index in [0.29, 0.717) is 19.6 Å². The highest BCUT2D eigenvalue weighted by Gasteiger charge is 2.15. The maximum Gasteiger partial charge on any atom is 0.431 e. The molecule has 0 aliphatic rings. The molecule has 0 aliphatic heterocycles. The molecule has 92 valence electrons. The van der Waals surface area contributed by atoms with Crippen molar-refractivity contribution in [3.05, 3.63) is 10.4 Å². The first-order valence-corrected chi connectivity index (χ1v) is 5.07. The Balaban J connectivity index is 3.38. The van der Waals surface area contributed by atoms with E-state index in [1.54, 1.807) is 20.8 Å². The number of hydroxylamine groups is 1. The average molecular weight is 230 g/mol. The van der Waals surface area contributed by atoms with E-state index in [1.165, 1.54) is 0 Å². The standard InChI is InChI=1S/C9H18N4O3/c1-9(2,3)16-8(14)12-15-7-5-4-6-11-13-10/h4-7H2,1-3H3,(H,12,14). The van der Waals surface area contributed by atoms with Gasteiger partial charge >= 0.3 is 6.09 Å². The molecule has 0 aliphatic carbocycles. The summed E-state index contributed by atoms with van der Waals surface area (Å²) in [5, 5.41) is 3.37. The van der Waals surface area contributed by atoms with Gasteiger partial charge in [-0.1, -0.05) is 5.11 Å². The van der Waals surface area contributed by atoms with Gasteiger partial charge in [-0.3, -0.25) is 4.84 Å². The molecule has 0 fully saturated rings. The zero-order valence-electron chi connectivity index (χ0n) is 9.89. The van der Waals surface area contributed by atoms with Crippen LogP contribution in [0.4, 0.5) is 4.79 Å². The molecule has 7 heteroatoms. The molecule has 0 bridgehead atoms. The van der Waals surface area contributed by atoms with Crippen molar-refractivity contribution < 1.29 is 14.4 Å². The molecule has 0 rings (SSSR count). The summed E-state index contributed by atoms with van der Waals surface area (Å²) in [5.41, 5.74) is 9.64. The topological polar surface area (TPSA) is 96.3 Å². The second-order valence-corrected chi connectivity index (χ2v) is 4.11. The first-order chi connectivity index (χ1) is 7.45. The highest BCUT2D eigenvalue weighted by Crippen LogP contribution is 2.06. The summed E-state index contributed by atoms with van der Waals surface area (Å²) in [7, 11) is 0. The highest BCUT2D eigenvalue weighted by molar-refractivity contribution is 5.66. The van der Waals surface area contributed by atoms with Crippen LogP contribution >= 0.6 is 0 Å². The third-order valence-corrected chi connectivity index (χ3v) is 1.37. The van der Waals surface area contributed by atoms with Crippen LogP contribution in [0.3, 0.4) is 0 Å². The van der Waals surface area contributed by atoms with Crippen LogP contribution in [0.25, 0.3) is 10.4 Å². The van der Waals surface area contributed by atoms with Crippen LogP contribution in [-0.4, -0.2) is 24.8 Å². The van der Waals surface area contributed by atoms with E-state index < -0.39 is 11.7 Å². The second kappa shape index (κ2) is 7.78. The van der Waals surface area contributed by atoms with Crippen LogP contribution in [-0.2, 0) is 9.57 Å². The van der Waals surface area contributed by atoms with Gasteiger partial charge in [0.25, 0.3) is 0 Å². The predicted octanol–water partition coefficient (Wildman–Crippen LogP) is 2.53. The second-order valence-electron chi connectivity index (χ2n) is 4.11. The number of nitrogens with zero attached hydrogens (tertiary/aromatic N) is 3. The number of amides is 1. The Bertz CT molecular complexity index is 256. The minimum absolute atomic E-state index is 0.361. The third kappa shape index (κ3) is 10.6. The monoisotopic (exact) mass is 230 g/mol. The Morgan fingerprint density at radius 3 is 2.69 bits per heavy atom. The Labute approximate surface area is 94.7 Å². The third-order valence-electron chi connectivity index (χ3n) is 1.37. The number of carbonyl (C=O) groups excluding carboxylic acids is 1. The SMILES string of the molecule is CC(C)(C)OC(=O)NOCCCCN=[N+]=[N-]. The van der Waals surface area contributed by atoms with Gasteiger partial charge in [0.05, 0.1) is 6.61 Å². The van der Waals surface area contributed by atoms with Gasteiger partial charge in [-0.25, -0.2) is 4.79 Å². The van der Waals surface area contributed by atoms with E-state index in [2.05, 4.69) is 15.5 Å². The van der Waals surface area contributed by atoms with Crippen LogP contribution in [0.5, 0.6) is 0 Å². The van der Waals surface area contributed by atoms with Crippen LogP contribution in [0.2, 0.25) is 0 Å². The van der Waals surface area contributed by atoms with Crippen molar-refractivity contribution in [1.82, 2.24) is 5.48 Å². The molecule has 0 saturated carbocycles. The van der Waals surface area contributed by atoms with E-state index in [1.807, 2.05) is 0 Å². The van der Waals surface area contributed by atoms with Gasteiger partial charge in [-0.05, 0) is 39.1 Å². The minimum Gasteiger partial charge on any atom is -0.442 e. The lowest BCUT2D eigenvalue weighted by Crippen LogP contribution is -2.32. The molecular formula is C9H18N4O3. The number of nitrogens with one attached hydrogen (secondary N) is 1. The molecular weight excluding hydrogens is 212 g/mol. The van der Waals surface area contributed by atoms with Crippen LogP contribution in [0.15, 0.2) is 5.11 Å². The molecule has 7 nitrogen and oxygen atoms in total. The zero-order chi connectivity index (χ0) is 12.4. The van der Waals surface area contributed by atoms with Gasteiger partial charge in [0.1, 0.15) is 5.60 Å². The summed E-state index contributed by atoms with van der Waals surface area (Å²) < 4.78 is 4.94. The maximum absolute atomic E-state index is 11.1. The molecule has 0 radical (unpaired) electrons. The van der Waals surface area contributed by atoms with Gasteiger partial charge in [0.2, 0.25) is 0 Å². The first kappa shape index (κ1) is 14.5. The molecule has 1 amide bonds. The molecule has 0 spiro atoms. The fraction of sp³-hybridized carbons (Fsp3) is 0.889. The Hall–Kier alpha value is -1.46. The Morgan fingerprint density at radius 2 is 2.12 bits per heavy atom. The maximum atomic E-state index is 11.1. The van der Waals surface area contributed by atoms with Crippen molar-refractivity contribution >= 4 is 6.09 Å². The van der Waals surface area contributed by atoms with Gasteiger partial charge in [0.15, 0.2) is 0 Å². The summed E-state index contributed by atoms with van der Waals surface area (Å²) in [5.74, 6) is 0. The zero-order valence-corrected chi connectivity index (χ0v) is 9.89. The lowest BCUT2D eigenvalue weighted by atomic mass is 10.2. The quantitative estimate of drug-likeness (QED) is 0.249. The molecule has 0 saturated heterocycles.